The zero-order chi connectivity index (χ0) is 24.6. The molecule has 1 aromatic heterocycles. The molecule has 0 bridgehead atoms. The lowest BCUT2D eigenvalue weighted by molar-refractivity contribution is -0.151. The normalized spacial score (nSPS) is 12.0. The first-order chi connectivity index (χ1) is 17.0. The molecule has 4 aromatic rings. The number of ketones is 1. The Labute approximate surface area is 204 Å². The van der Waals surface area contributed by atoms with Crippen molar-refractivity contribution in [3.8, 4) is 0 Å². The molecule has 1 unspecified atom stereocenters. The number of aliphatic carboxylic acids is 1. The van der Waals surface area contributed by atoms with Gasteiger partial charge in [-0.2, -0.15) is 0 Å². The maximum Gasteiger partial charge on any atom is 0.337 e. The van der Waals surface area contributed by atoms with Gasteiger partial charge in [-0.3, -0.25) is 4.79 Å². The summed E-state index contributed by atoms with van der Waals surface area (Å²) in [5.74, 6) is -1.02. The number of ether oxygens (including phenoxy) is 1. The standard InChI is InChI=1S/C30H27NO4/c1-22-14-16-25(17-15-22)28(32)27-13-7-19-31(27)18-6-10-23-8-5-9-24(20-23)21-35-29(30(33)34)26-11-3-2-4-12-26/h2-17,19-20,29H,18,21H2,1H3,(H,33,34)/b10-6+. The quantitative estimate of drug-likeness (QED) is 0.288. The van der Waals surface area contributed by atoms with Gasteiger partial charge in [0.25, 0.3) is 0 Å². The van der Waals surface area contributed by atoms with Crippen LogP contribution in [0.2, 0.25) is 0 Å². The third kappa shape index (κ3) is 6.22. The van der Waals surface area contributed by atoms with E-state index in [1.54, 1.807) is 24.3 Å². The molecule has 3 aromatic carbocycles. The second kappa shape index (κ2) is 11.3. The second-order valence-electron chi connectivity index (χ2n) is 8.33. The van der Waals surface area contributed by atoms with Crippen LogP contribution in [0.25, 0.3) is 6.08 Å². The summed E-state index contributed by atoms with van der Waals surface area (Å²) in [5, 5.41) is 9.55. The Bertz CT molecular complexity index is 1320. The minimum atomic E-state index is -1.02. The zero-order valence-corrected chi connectivity index (χ0v) is 19.5. The Hall–Kier alpha value is -4.22. The van der Waals surface area contributed by atoms with E-state index >= 15 is 0 Å². The number of aryl methyl sites for hydroxylation is 1. The molecule has 4 rings (SSSR count). The van der Waals surface area contributed by atoms with Crippen molar-refractivity contribution in [3.05, 3.63) is 137 Å². The van der Waals surface area contributed by atoms with Gasteiger partial charge in [-0.25, -0.2) is 4.79 Å². The Morgan fingerprint density at radius 3 is 2.46 bits per heavy atom. The minimum Gasteiger partial charge on any atom is -0.479 e. The highest BCUT2D eigenvalue weighted by Gasteiger charge is 2.20. The first kappa shape index (κ1) is 23.9. The highest BCUT2D eigenvalue weighted by atomic mass is 16.5. The van der Waals surface area contributed by atoms with Gasteiger partial charge in [0, 0.05) is 18.3 Å². The van der Waals surface area contributed by atoms with Gasteiger partial charge in [0.15, 0.2) is 6.10 Å². The first-order valence-electron chi connectivity index (χ1n) is 11.4. The van der Waals surface area contributed by atoms with E-state index in [9.17, 15) is 14.7 Å². The average Bonchev–Trinajstić information content (AvgIpc) is 3.33. The molecule has 1 atom stereocenters. The molecule has 0 saturated heterocycles. The van der Waals surface area contributed by atoms with Crippen LogP contribution in [-0.2, 0) is 22.7 Å². The SMILES string of the molecule is Cc1ccc(C(=O)c2cccn2C/C=C/c2cccc(COC(C(=O)O)c3ccccc3)c2)cc1. The van der Waals surface area contributed by atoms with Crippen molar-refractivity contribution in [2.75, 3.05) is 0 Å². The highest BCUT2D eigenvalue weighted by molar-refractivity contribution is 6.08. The largest absolute Gasteiger partial charge is 0.479 e. The first-order valence-corrected chi connectivity index (χ1v) is 11.4. The molecule has 0 aliphatic heterocycles. The zero-order valence-electron chi connectivity index (χ0n) is 19.5. The topological polar surface area (TPSA) is 68.5 Å². The summed E-state index contributed by atoms with van der Waals surface area (Å²) in [6.45, 7) is 2.73. The molecule has 5 heteroatoms. The van der Waals surface area contributed by atoms with Gasteiger partial charge in [-0.05, 0) is 41.8 Å². The number of hydrogen-bond donors (Lipinski definition) is 1. The van der Waals surface area contributed by atoms with Crippen LogP contribution in [0, 0.1) is 6.92 Å². The van der Waals surface area contributed by atoms with Crippen LogP contribution >= 0.6 is 0 Å². The molecular weight excluding hydrogens is 438 g/mol. The number of rotatable bonds is 10. The lowest BCUT2D eigenvalue weighted by Gasteiger charge is -2.14. The lowest BCUT2D eigenvalue weighted by atomic mass is 10.1. The maximum absolute atomic E-state index is 12.9. The molecule has 35 heavy (non-hydrogen) atoms. The number of carboxylic acids is 1. The molecule has 0 aliphatic rings. The summed E-state index contributed by atoms with van der Waals surface area (Å²) in [6, 6.07) is 28.0. The highest BCUT2D eigenvalue weighted by Crippen LogP contribution is 2.20. The van der Waals surface area contributed by atoms with Crippen LogP contribution in [0.3, 0.4) is 0 Å². The van der Waals surface area contributed by atoms with Crippen molar-refractivity contribution in [3.63, 3.8) is 0 Å². The molecule has 0 amide bonds. The second-order valence-corrected chi connectivity index (χ2v) is 8.33. The fourth-order valence-electron chi connectivity index (χ4n) is 3.84. The van der Waals surface area contributed by atoms with E-state index in [-0.39, 0.29) is 12.4 Å². The van der Waals surface area contributed by atoms with Crippen LogP contribution in [0.15, 0.2) is 103 Å². The third-order valence-corrected chi connectivity index (χ3v) is 5.68. The summed E-state index contributed by atoms with van der Waals surface area (Å²) in [4.78, 5) is 24.6. The van der Waals surface area contributed by atoms with E-state index in [2.05, 4.69) is 0 Å². The van der Waals surface area contributed by atoms with E-state index in [4.69, 9.17) is 4.74 Å². The summed E-state index contributed by atoms with van der Waals surface area (Å²) >= 11 is 0. The van der Waals surface area contributed by atoms with Crippen LogP contribution in [0.5, 0.6) is 0 Å². The molecule has 176 valence electrons. The predicted molar refractivity (Wildman–Crippen MR) is 136 cm³/mol. The Morgan fingerprint density at radius 2 is 1.71 bits per heavy atom. The fourth-order valence-corrected chi connectivity index (χ4v) is 3.84. The van der Waals surface area contributed by atoms with E-state index < -0.39 is 12.1 Å². The van der Waals surface area contributed by atoms with Crippen molar-refractivity contribution >= 4 is 17.8 Å². The number of carboxylic acid groups (broad SMARTS) is 1. The Balaban J connectivity index is 1.40. The Morgan fingerprint density at radius 1 is 0.943 bits per heavy atom. The molecule has 0 spiro atoms. The number of aromatic nitrogens is 1. The molecule has 0 fully saturated rings. The van der Waals surface area contributed by atoms with Crippen LogP contribution in [0.1, 0.15) is 44.4 Å². The monoisotopic (exact) mass is 465 g/mol. The van der Waals surface area contributed by atoms with Crippen LogP contribution in [0.4, 0.5) is 0 Å². The number of carbonyl (C=O) groups excluding carboxylic acids is 1. The molecule has 0 radical (unpaired) electrons. The van der Waals surface area contributed by atoms with E-state index in [0.717, 1.165) is 16.7 Å². The maximum atomic E-state index is 12.9. The van der Waals surface area contributed by atoms with E-state index in [0.29, 0.717) is 23.4 Å². The molecule has 5 nitrogen and oxygen atoms in total. The van der Waals surface area contributed by atoms with Gasteiger partial charge in [0.05, 0.1) is 12.3 Å². The Kier molecular flexibility index (Phi) is 7.70. The number of hydrogen-bond acceptors (Lipinski definition) is 3. The molecule has 1 N–H and O–H groups in total. The van der Waals surface area contributed by atoms with E-state index in [1.165, 1.54) is 0 Å². The smallest absolute Gasteiger partial charge is 0.337 e. The van der Waals surface area contributed by atoms with Crippen molar-refractivity contribution in [1.82, 2.24) is 4.57 Å². The van der Waals surface area contributed by atoms with Crippen molar-refractivity contribution in [2.24, 2.45) is 0 Å². The number of nitrogens with zero attached hydrogens (tertiary/aromatic N) is 1. The minimum absolute atomic E-state index is 0.00560. The third-order valence-electron chi connectivity index (χ3n) is 5.68. The van der Waals surface area contributed by atoms with Gasteiger partial charge in [0.1, 0.15) is 0 Å². The van der Waals surface area contributed by atoms with Crippen molar-refractivity contribution in [2.45, 2.75) is 26.2 Å². The van der Waals surface area contributed by atoms with E-state index in [1.807, 2.05) is 96.6 Å². The summed E-state index contributed by atoms with van der Waals surface area (Å²) in [7, 11) is 0. The summed E-state index contributed by atoms with van der Waals surface area (Å²) in [5.41, 5.74) is 4.88. The number of allylic oxidation sites excluding steroid dienone is 1. The average molecular weight is 466 g/mol. The fraction of sp³-hybridized carbons (Fsp3) is 0.133. The van der Waals surface area contributed by atoms with Gasteiger partial charge in [0.2, 0.25) is 5.78 Å². The lowest BCUT2D eigenvalue weighted by Crippen LogP contribution is -2.15. The van der Waals surface area contributed by atoms with Crippen LogP contribution < -0.4 is 0 Å². The summed E-state index contributed by atoms with van der Waals surface area (Å²) in [6.07, 6.45) is 4.85. The summed E-state index contributed by atoms with van der Waals surface area (Å²) < 4.78 is 7.64. The number of benzene rings is 3. The van der Waals surface area contributed by atoms with Crippen molar-refractivity contribution < 1.29 is 19.4 Å². The molecule has 1 heterocycles. The van der Waals surface area contributed by atoms with Crippen molar-refractivity contribution in [1.29, 1.82) is 0 Å². The van der Waals surface area contributed by atoms with Gasteiger partial charge in [-0.15, -0.1) is 0 Å². The van der Waals surface area contributed by atoms with Gasteiger partial charge in [-0.1, -0.05) is 90.5 Å². The number of carbonyl (C=O) groups is 2. The van der Waals surface area contributed by atoms with Crippen LogP contribution in [-0.4, -0.2) is 21.4 Å². The predicted octanol–water partition coefficient (Wildman–Crippen LogP) is 6.08. The van der Waals surface area contributed by atoms with Gasteiger partial charge < -0.3 is 14.4 Å². The molecule has 0 saturated carbocycles. The van der Waals surface area contributed by atoms with Gasteiger partial charge >= 0.3 is 5.97 Å². The molecular formula is C30H27NO4. The molecule has 0 aliphatic carbocycles.